The fraction of sp³-hybridized carbons (Fsp3) is 0.440. The molecule has 0 saturated heterocycles. The third kappa shape index (κ3) is 8.74. The molecule has 7 nitrogen and oxygen atoms in total. The van der Waals surface area contributed by atoms with Gasteiger partial charge < -0.3 is 10.2 Å². The SMILES string of the molecule is C[C@H](C(=O)NC(C)(C)C)N(Cc1cccc(Cl)c1)C(=O)CCCN(c1ccc(F)c(F)c1)S(C)(=O)=O. The molecule has 198 valence electrons. The van der Waals surface area contributed by atoms with Gasteiger partial charge in [0.1, 0.15) is 6.04 Å². The zero-order valence-electron chi connectivity index (χ0n) is 21.0. The number of amides is 2. The van der Waals surface area contributed by atoms with Gasteiger partial charge in [-0.2, -0.15) is 0 Å². The van der Waals surface area contributed by atoms with E-state index in [9.17, 15) is 26.8 Å². The number of benzene rings is 2. The Morgan fingerprint density at radius 3 is 2.31 bits per heavy atom. The third-order valence-electron chi connectivity index (χ3n) is 5.25. The monoisotopic (exact) mass is 543 g/mol. The fourth-order valence-corrected chi connectivity index (χ4v) is 4.70. The van der Waals surface area contributed by atoms with Gasteiger partial charge in [-0.05, 0) is 63.9 Å². The Labute approximate surface area is 216 Å². The van der Waals surface area contributed by atoms with Gasteiger partial charge in [-0.1, -0.05) is 23.7 Å². The molecule has 0 spiro atoms. The average Bonchev–Trinajstić information content (AvgIpc) is 2.74. The minimum Gasteiger partial charge on any atom is -0.350 e. The molecule has 0 bridgehead atoms. The van der Waals surface area contributed by atoms with E-state index >= 15 is 0 Å². The Morgan fingerprint density at radius 1 is 1.08 bits per heavy atom. The molecule has 2 rings (SSSR count). The first-order valence-corrected chi connectivity index (χ1v) is 13.6. The predicted molar refractivity (Wildman–Crippen MR) is 137 cm³/mol. The molecule has 0 aliphatic carbocycles. The summed E-state index contributed by atoms with van der Waals surface area (Å²) in [7, 11) is -3.83. The molecule has 0 heterocycles. The maximum Gasteiger partial charge on any atom is 0.242 e. The number of rotatable bonds is 10. The van der Waals surface area contributed by atoms with Gasteiger partial charge in [-0.3, -0.25) is 13.9 Å². The Balaban J connectivity index is 2.21. The van der Waals surface area contributed by atoms with Crippen molar-refractivity contribution in [2.45, 2.75) is 58.7 Å². The van der Waals surface area contributed by atoms with Gasteiger partial charge >= 0.3 is 0 Å². The molecule has 0 fully saturated rings. The second kappa shape index (κ2) is 12.0. The van der Waals surface area contributed by atoms with Crippen molar-refractivity contribution in [3.05, 3.63) is 64.7 Å². The van der Waals surface area contributed by atoms with Crippen molar-refractivity contribution in [3.8, 4) is 0 Å². The van der Waals surface area contributed by atoms with Crippen LogP contribution in [0.4, 0.5) is 14.5 Å². The molecule has 11 heteroatoms. The molecule has 0 aliphatic heterocycles. The quantitative estimate of drug-likeness (QED) is 0.478. The van der Waals surface area contributed by atoms with E-state index in [1.807, 2.05) is 20.8 Å². The Hall–Kier alpha value is -2.72. The number of sulfonamides is 1. The Kier molecular flexibility index (Phi) is 9.85. The van der Waals surface area contributed by atoms with Crippen LogP contribution in [0.25, 0.3) is 0 Å². The molecule has 0 aromatic heterocycles. The number of halogens is 3. The van der Waals surface area contributed by atoms with E-state index in [4.69, 9.17) is 11.6 Å². The van der Waals surface area contributed by atoms with Gasteiger partial charge in [0.25, 0.3) is 0 Å². The lowest BCUT2D eigenvalue weighted by Crippen LogP contribution is -2.52. The first-order valence-electron chi connectivity index (χ1n) is 11.4. The van der Waals surface area contributed by atoms with Crippen molar-refractivity contribution in [2.24, 2.45) is 0 Å². The van der Waals surface area contributed by atoms with Crippen LogP contribution in [0.15, 0.2) is 42.5 Å². The number of carbonyl (C=O) groups is 2. The van der Waals surface area contributed by atoms with Gasteiger partial charge in [0.15, 0.2) is 11.6 Å². The first-order chi connectivity index (χ1) is 16.6. The standard InChI is InChI=1S/C25H32ClF2N3O4S/c1-17(24(33)29-25(2,3)4)30(16-18-8-6-9-19(26)14-18)23(32)10-7-13-31(36(5,34)35)20-11-12-21(27)22(28)15-20/h6,8-9,11-12,14-15,17H,7,10,13,16H2,1-5H3,(H,29,33)/t17-/m1/s1. The van der Waals surface area contributed by atoms with Crippen LogP contribution in [0.2, 0.25) is 5.02 Å². The van der Waals surface area contributed by atoms with Crippen molar-refractivity contribution in [3.63, 3.8) is 0 Å². The molecule has 0 aliphatic rings. The van der Waals surface area contributed by atoms with Crippen LogP contribution < -0.4 is 9.62 Å². The molecule has 0 unspecified atom stereocenters. The molecule has 0 saturated carbocycles. The highest BCUT2D eigenvalue weighted by atomic mass is 35.5. The van der Waals surface area contributed by atoms with E-state index in [2.05, 4.69) is 5.32 Å². The smallest absolute Gasteiger partial charge is 0.242 e. The minimum absolute atomic E-state index is 0.0439. The van der Waals surface area contributed by atoms with Crippen LogP contribution in [-0.4, -0.2) is 49.5 Å². The van der Waals surface area contributed by atoms with E-state index in [0.29, 0.717) is 5.02 Å². The highest BCUT2D eigenvalue weighted by Gasteiger charge is 2.28. The molecule has 36 heavy (non-hydrogen) atoms. The number of hydrogen-bond donors (Lipinski definition) is 1. The normalized spacial score (nSPS) is 12.7. The predicted octanol–water partition coefficient (Wildman–Crippen LogP) is 4.50. The van der Waals surface area contributed by atoms with Gasteiger partial charge in [-0.15, -0.1) is 0 Å². The zero-order chi connectivity index (χ0) is 27.3. The van der Waals surface area contributed by atoms with E-state index in [-0.39, 0.29) is 43.4 Å². The average molecular weight is 544 g/mol. The second-order valence-electron chi connectivity index (χ2n) is 9.60. The van der Waals surface area contributed by atoms with Crippen LogP contribution in [0, 0.1) is 11.6 Å². The highest BCUT2D eigenvalue weighted by molar-refractivity contribution is 7.92. The topological polar surface area (TPSA) is 86.8 Å². The minimum atomic E-state index is -3.83. The lowest BCUT2D eigenvalue weighted by molar-refractivity contribution is -0.141. The number of carbonyl (C=O) groups excluding carboxylic acids is 2. The summed E-state index contributed by atoms with van der Waals surface area (Å²) in [6.07, 6.45) is 0.953. The number of anilines is 1. The van der Waals surface area contributed by atoms with Gasteiger partial charge in [0.2, 0.25) is 21.8 Å². The summed E-state index contributed by atoms with van der Waals surface area (Å²) in [5.41, 5.74) is 0.180. The fourth-order valence-electron chi connectivity index (χ4n) is 3.53. The molecule has 1 N–H and O–H groups in total. The van der Waals surface area contributed by atoms with Crippen molar-refractivity contribution in [1.29, 1.82) is 0 Å². The lowest BCUT2D eigenvalue weighted by atomic mass is 10.1. The molecule has 1 atom stereocenters. The maximum atomic E-state index is 13.7. The molecular formula is C25H32ClF2N3O4S. The summed E-state index contributed by atoms with van der Waals surface area (Å²) >= 11 is 6.08. The second-order valence-corrected chi connectivity index (χ2v) is 11.9. The van der Waals surface area contributed by atoms with Crippen LogP contribution in [-0.2, 0) is 26.2 Å². The summed E-state index contributed by atoms with van der Waals surface area (Å²) in [5.74, 6) is -2.98. The Morgan fingerprint density at radius 2 is 1.75 bits per heavy atom. The summed E-state index contributed by atoms with van der Waals surface area (Å²) in [6.45, 7) is 7.10. The lowest BCUT2D eigenvalue weighted by Gasteiger charge is -2.32. The van der Waals surface area contributed by atoms with Crippen molar-refractivity contribution < 1.29 is 26.8 Å². The summed E-state index contributed by atoms with van der Waals surface area (Å²) in [4.78, 5) is 27.5. The van der Waals surface area contributed by atoms with Crippen molar-refractivity contribution >= 4 is 39.1 Å². The molecular weight excluding hydrogens is 512 g/mol. The zero-order valence-corrected chi connectivity index (χ0v) is 22.6. The molecule has 2 aromatic rings. The van der Waals surface area contributed by atoms with Crippen LogP contribution in [0.5, 0.6) is 0 Å². The summed E-state index contributed by atoms with van der Waals surface area (Å²) < 4.78 is 52.5. The van der Waals surface area contributed by atoms with E-state index < -0.39 is 33.2 Å². The summed E-state index contributed by atoms with van der Waals surface area (Å²) in [6, 6.07) is 8.91. The van der Waals surface area contributed by atoms with Crippen LogP contribution >= 0.6 is 11.6 Å². The van der Waals surface area contributed by atoms with Crippen LogP contribution in [0.3, 0.4) is 0 Å². The highest BCUT2D eigenvalue weighted by Crippen LogP contribution is 2.22. The van der Waals surface area contributed by atoms with E-state index in [0.717, 1.165) is 34.3 Å². The number of nitrogens with zero attached hydrogens (tertiary/aromatic N) is 2. The summed E-state index contributed by atoms with van der Waals surface area (Å²) in [5, 5.41) is 3.35. The number of hydrogen-bond acceptors (Lipinski definition) is 4. The number of nitrogens with one attached hydrogen (secondary N) is 1. The molecule has 0 radical (unpaired) electrons. The van der Waals surface area contributed by atoms with Gasteiger partial charge in [0.05, 0.1) is 11.9 Å². The molecule has 2 aromatic carbocycles. The maximum absolute atomic E-state index is 13.7. The van der Waals surface area contributed by atoms with Crippen molar-refractivity contribution in [1.82, 2.24) is 10.2 Å². The van der Waals surface area contributed by atoms with E-state index in [1.54, 1.807) is 31.2 Å². The first kappa shape index (κ1) is 29.5. The van der Waals surface area contributed by atoms with E-state index in [1.165, 1.54) is 4.90 Å². The van der Waals surface area contributed by atoms with Crippen LogP contribution in [0.1, 0.15) is 46.1 Å². The largest absolute Gasteiger partial charge is 0.350 e. The molecule has 2 amide bonds. The Bertz CT molecular complexity index is 1200. The third-order valence-corrected chi connectivity index (χ3v) is 6.68. The van der Waals surface area contributed by atoms with Crippen molar-refractivity contribution in [2.75, 3.05) is 17.1 Å². The van der Waals surface area contributed by atoms with Gasteiger partial charge in [0, 0.05) is 36.1 Å². The van der Waals surface area contributed by atoms with Gasteiger partial charge in [-0.25, -0.2) is 17.2 Å².